The van der Waals surface area contributed by atoms with E-state index in [1.807, 2.05) is 0 Å². The SMILES string of the molecule is COC1=CCC2C(=C1Cl)C(CC(=O)O)=C(C)N2C(=O)c1ccc(SC(F)(F)F)s1. The summed E-state index contributed by atoms with van der Waals surface area (Å²) in [6, 6.07) is 2.05. The third kappa shape index (κ3) is 4.34. The Labute approximate surface area is 177 Å². The molecule has 5 nitrogen and oxygen atoms in total. The quantitative estimate of drug-likeness (QED) is 0.593. The Balaban J connectivity index is 1.99. The molecule has 1 aromatic rings. The fourth-order valence-corrected chi connectivity index (χ4v) is 5.56. The number of allylic oxidation sites excluding steroid dienone is 2. The van der Waals surface area contributed by atoms with Gasteiger partial charge in [0.1, 0.15) is 5.76 Å². The Morgan fingerprint density at radius 1 is 1.41 bits per heavy atom. The van der Waals surface area contributed by atoms with Gasteiger partial charge in [0.05, 0.1) is 33.7 Å². The van der Waals surface area contributed by atoms with E-state index >= 15 is 0 Å². The molecule has 1 amide bonds. The maximum Gasteiger partial charge on any atom is 0.447 e. The van der Waals surface area contributed by atoms with Crippen molar-refractivity contribution in [3.63, 3.8) is 0 Å². The Morgan fingerprint density at radius 3 is 2.69 bits per heavy atom. The van der Waals surface area contributed by atoms with E-state index < -0.39 is 23.4 Å². The maximum atomic E-state index is 13.1. The average molecular weight is 466 g/mol. The smallest absolute Gasteiger partial charge is 0.447 e. The van der Waals surface area contributed by atoms with E-state index in [0.29, 0.717) is 29.0 Å². The second-order valence-corrected chi connectivity index (χ2v) is 9.05. The summed E-state index contributed by atoms with van der Waals surface area (Å²) < 4.78 is 43.0. The van der Waals surface area contributed by atoms with Gasteiger partial charge in [0.2, 0.25) is 0 Å². The zero-order valence-corrected chi connectivity index (χ0v) is 17.6. The van der Waals surface area contributed by atoms with Crippen LogP contribution in [0.2, 0.25) is 0 Å². The lowest BCUT2D eigenvalue weighted by molar-refractivity contribution is -0.136. The van der Waals surface area contributed by atoms with E-state index in [0.717, 1.165) is 11.3 Å². The molecule has 2 heterocycles. The van der Waals surface area contributed by atoms with Crippen LogP contribution in [0.25, 0.3) is 0 Å². The number of ether oxygens (including phenoxy) is 1. The van der Waals surface area contributed by atoms with Gasteiger partial charge in [-0.25, -0.2) is 0 Å². The predicted molar refractivity (Wildman–Crippen MR) is 104 cm³/mol. The van der Waals surface area contributed by atoms with Crippen molar-refractivity contribution < 1.29 is 32.6 Å². The van der Waals surface area contributed by atoms with Crippen molar-refractivity contribution in [2.45, 2.75) is 35.5 Å². The number of hydrogen-bond donors (Lipinski definition) is 1. The highest BCUT2D eigenvalue weighted by Crippen LogP contribution is 2.46. The maximum absolute atomic E-state index is 13.1. The van der Waals surface area contributed by atoms with Crippen LogP contribution in [0.4, 0.5) is 13.2 Å². The Morgan fingerprint density at radius 2 is 2.10 bits per heavy atom. The van der Waals surface area contributed by atoms with Crippen LogP contribution < -0.4 is 0 Å². The zero-order chi connectivity index (χ0) is 21.5. The molecule has 1 aromatic heterocycles. The molecule has 3 rings (SSSR count). The molecule has 0 fully saturated rings. The van der Waals surface area contributed by atoms with Crippen molar-refractivity contribution in [1.82, 2.24) is 4.90 Å². The van der Waals surface area contributed by atoms with Gasteiger partial charge >= 0.3 is 11.5 Å². The predicted octanol–water partition coefficient (Wildman–Crippen LogP) is 5.36. The molecule has 0 saturated heterocycles. The first-order chi connectivity index (χ1) is 13.5. The van der Waals surface area contributed by atoms with E-state index in [1.165, 1.54) is 24.1 Å². The average Bonchev–Trinajstić information content (AvgIpc) is 3.16. The highest BCUT2D eigenvalue weighted by Gasteiger charge is 2.42. The molecule has 0 radical (unpaired) electrons. The summed E-state index contributed by atoms with van der Waals surface area (Å²) in [5.41, 5.74) is -3.12. The summed E-state index contributed by atoms with van der Waals surface area (Å²) in [5, 5.41) is 9.52. The van der Waals surface area contributed by atoms with Crippen LogP contribution in [0.5, 0.6) is 0 Å². The molecule has 2 aliphatic rings. The Bertz CT molecular complexity index is 965. The number of hydrogen-bond acceptors (Lipinski definition) is 5. The molecule has 29 heavy (non-hydrogen) atoms. The van der Waals surface area contributed by atoms with E-state index in [-0.39, 0.29) is 32.3 Å². The molecular formula is C18H15ClF3NO4S2. The third-order valence-electron chi connectivity index (χ3n) is 4.52. The van der Waals surface area contributed by atoms with E-state index in [2.05, 4.69) is 0 Å². The zero-order valence-electron chi connectivity index (χ0n) is 15.2. The number of thiophene rings is 1. The summed E-state index contributed by atoms with van der Waals surface area (Å²) in [5.74, 6) is -1.19. The van der Waals surface area contributed by atoms with Crippen molar-refractivity contribution in [1.29, 1.82) is 0 Å². The van der Waals surface area contributed by atoms with Crippen molar-refractivity contribution in [3.05, 3.63) is 50.7 Å². The second kappa shape index (κ2) is 8.08. The van der Waals surface area contributed by atoms with Crippen molar-refractivity contribution in [3.8, 4) is 0 Å². The van der Waals surface area contributed by atoms with Crippen LogP contribution in [0.15, 0.2) is 50.1 Å². The molecule has 156 valence electrons. The lowest BCUT2D eigenvalue weighted by Gasteiger charge is -2.29. The Kier molecular flexibility index (Phi) is 6.07. The minimum Gasteiger partial charge on any atom is -0.496 e. The number of rotatable bonds is 5. The van der Waals surface area contributed by atoms with Gasteiger partial charge < -0.3 is 14.7 Å². The normalized spacial score (nSPS) is 19.4. The molecule has 0 aromatic carbocycles. The summed E-state index contributed by atoms with van der Waals surface area (Å²) in [6.45, 7) is 1.61. The topological polar surface area (TPSA) is 66.8 Å². The first-order valence-electron chi connectivity index (χ1n) is 8.28. The molecule has 1 aliphatic carbocycles. The van der Waals surface area contributed by atoms with Gasteiger partial charge in [0.15, 0.2) is 0 Å². The molecule has 0 spiro atoms. The highest BCUT2D eigenvalue weighted by molar-refractivity contribution is 8.02. The number of nitrogens with zero attached hydrogens (tertiary/aromatic N) is 1. The fraction of sp³-hybridized carbons (Fsp3) is 0.333. The molecule has 1 aliphatic heterocycles. The molecule has 11 heteroatoms. The fourth-order valence-electron chi connectivity index (χ4n) is 3.41. The summed E-state index contributed by atoms with van der Waals surface area (Å²) >= 11 is 6.88. The van der Waals surface area contributed by atoms with Crippen molar-refractivity contribution in [2.24, 2.45) is 0 Å². The molecule has 1 unspecified atom stereocenters. The summed E-state index contributed by atoms with van der Waals surface area (Å²) in [4.78, 5) is 26.0. The molecule has 0 saturated carbocycles. The molecular weight excluding hydrogens is 451 g/mol. The largest absolute Gasteiger partial charge is 0.496 e. The van der Waals surface area contributed by atoms with E-state index in [4.69, 9.17) is 16.3 Å². The third-order valence-corrected chi connectivity index (χ3v) is 6.85. The van der Waals surface area contributed by atoms with Crippen LogP contribution in [0.1, 0.15) is 29.4 Å². The first kappa shape index (κ1) is 21.8. The number of alkyl halides is 3. The number of methoxy groups -OCH3 is 1. The van der Waals surface area contributed by atoms with Gasteiger partial charge in [-0.05, 0) is 48.9 Å². The summed E-state index contributed by atoms with van der Waals surface area (Å²) in [7, 11) is 1.44. The van der Waals surface area contributed by atoms with Gasteiger partial charge in [0, 0.05) is 11.3 Å². The highest BCUT2D eigenvalue weighted by atomic mass is 35.5. The lowest BCUT2D eigenvalue weighted by atomic mass is 9.92. The number of fused-ring (bicyclic) bond motifs is 1. The Hall–Kier alpha value is -1.91. The van der Waals surface area contributed by atoms with Gasteiger partial charge in [0.25, 0.3) is 5.91 Å². The van der Waals surface area contributed by atoms with Gasteiger partial charge in [-0.3, -0.25) is 9.59 Å². The molecule has 0 bridgehead atoms. The minimum atomic E-state index is -4.45. The lowest BCUT2D eigenvalue weighted by Crippen LogP contribution is -2.36. The van der Waals surface area contributed by atoms with Crippen LogP contribution in [0.3, 0.4) is 0 Å². The number of carboxylic acid groups (broad SMARTS) is 1. The van der Waals surface area contributed by atoms with Crippen molar-refractivity contribution >= 4 is 46.6 Å². The molecule has 1 N–H and O–H groups in total. The van der Waals surface area contributed by atoms with E-state index in [1.54, 1.807) is 13.0 Å². The number of carbonyl (C=O) groups excluding carboxylic acids is 1. The summed E-state index contributed by atoms with van der Waals surface area (Å²) in [6.07, 6.45) is 1.71. The standard InChI is InChI=1S/C18H15ClF3NO4S2/c1-8-9(7-13(24)25)15-10(3-4-11(27-2)16(15)19)23(8)17(26)12-5-6-14(28-12)29-18(20,21)22/h4-6,10H,3,7H2,1-2H3,(H,24,25). The van der Waals surface area contributed by atoms with Crippen LogP contribution in [-0.2, 0) is 9.53 Å². The minimum absolute atomic E-state index is 0.0496. The number of halogens is 4. The number of aliphatic carboxylic acids is 1. The van der Waals surface area contributed by atoms with Gasteiger partial charge in [-0.1, -0.05) is 11.6 Å². The first-order valence-corrected chi connectivity index (χ1v) is 10.3. The van der Waals surface area contributed by atoms with Gasteiger partial charge in [-0.15, -0.1) is 11.3 Å². The van der Waals surface area contributed by atoms with Crippen LogP contribution in [-0.4, -0.2) is 40.5 Å². The number of thioether (sulfide) groups is 1. The second-order valence-electron chi connectivity index (χ2n) is 6.23. The van der Waals surface area contributed by atoms with Crippen LogP contribution >= 0.6 is 34.7 Å². The monoisotopic (exact) mass is 465 g/mol. The van der Waals surface area contributed by atoms with Crippen LogP contribution in [0, 0.1) is 0 Å². The van der Waals surface area contributed by atoms with Crippen molar-refractivity contribution in [2.75, 3.05) is 7.11 Å². The number of carbonyl (C=O) groups is 2. The molecule has 1 atom stereocenters. The van der Waals surface area contributed by atoms with E-state index in [9.17, 15) is 27.9 Å². The number of amides is 1. The number of carboxylic acids is 1. The van der Waals surface area contributed by atoms with Gasteiger partial charge in [-0.2, -0.15) is 13.2 Å².